The van der Waals surface area contributed by atoms with E-state index in [1.807, 2.05) is 59.6 Å². The van der Waals surface area contributed by atoms with E-state index in [0.717, 1.165) is 48.3 Å². The number of carbonyl (C=O) groups excluding carboxylic acids is 1. The highest BCUT2D eigenvalue weighted by Crippen LogP contribution is 2.19. The van der Waals surface area contributed by atoms with Gasteiger partial charge in [0, 0.05) is 29.6 Å². The van der Waals surface area contributed by atoms with Gasteiger partial charge in [-0.2, -0.15) is 0 Å². The van der Waals surface area contributed by atoms with E-state index in [1.165, 1.54) is 6.42 Å². The molecule has 0 aliphatic carbocycles. The molecular weight excluding hydrogens is 326 g/mol. The number of piperidine rings is 1. The Morgan fingerprint density at radius 3 is 2.65 bits per heavy atom. The zero-order valence-electron chi connectivity index (χ0n) is 14.7. The van der Waals surface area contributed by atoms with Crippen molar-refractivity contribution in [2.45, 2.75) is 25.9 Å². The van der Waals surface area contributed by atoms with E-state index >= 15 is 0 Å². The largest absolute Gasteiger partial charge is 0.487 e. The van der Waals surface area contributed by atoms with Gasteiger partial charge < -0.3 is 9.72 Å². The van der Waals surface area contributed by atoms with Gasteiger partial charge in [0.05, 0.1) is 5.69 Å². The number of carbonyl (C=O) groups is 1. The molecule has 0 radical (unpaired) electrons. The number of para-hydroxylation sites is 1. The number of H-pyrrole nitrogens is 1. The molecule has 0 unspecified atom stereocenters. The summed E-state index contributed by atoms with van der Waals surface area (Å²) in [6.45, 7) is 2.33. The van der Waals surface area contributed by atoms with Gasteiger partial charge in [-0.15, -0.1) is 0 Å². The van der Waals surface area contributed by atoms with Crippen molar-refractivity contribution in [2.24, 2.45) is 0 Å². The SMILES string of the molecule is O=C(NN1CCCCC1)c1ccc2[nH]c(COc3ccccc3)cc2c1. The van der Waals surface area contributed by atoms with Crippen molar-refractivity contribution in [1.29, 1.82) is 0 Å². The van der Waals surface area contributed by atoms with Crippen molar-refractivity contribution in [3.8, 4) is 5.75 Å². The molecule has 0 saturated carbocycles. The number of rotatable bonds is 5. The Balaban J connectivity index is 1.44. The molecule has 3 aromatic rings. The number of ether oxygens (including phenoxy) is 1. The fourth-order valence-electron chi connectivity index (χ4n) is 3.30. The first-order valence-electron chi connectivity index (χ1n) is 9.13. The van der Waals surface area contributed by atoms with Crippen LogP contribution in [0.4, 0.5) is 0 Å². The summed E-state index contributed by atoms with van der Waals surface area (Å²) >= 11 is 0. The predicted octanol–water partition coefficient (Wildman–Crippen LogP) is 3.88. The lowest BCUT2D eigenvalue weighted by molar-refractivity contribution is 0.0750. The lowest BCUT2D eigenvalue weighted by atomic mass is 10.1. The number of aromatic nitrogens is 1. The molecule has 1 aliphatic heterocycles. The molecule has 0 bridgehead atoms. The van der Waals surface area contributed by atoms with Crippen molar-refractivity contribution in [1.82, 2.24) is 15.4 Å². The van der Waals surface area contributed by atoms with Crippen molar-refractivity contribution >= 4 is 16.8 Å². The van der Waals surface area contributed by atoms with E-state index in [9.17, 15) is 4.79 Å². The normalized spacial score (nSPS) is 15.1. The van der Waals surface area contributed by atoms with Gasteiger partial charge in [0.15, 0.2) is 0 Å². The second kappa shape index (κ2) is 7.62. The summed E-state index contributed by atoms with van der Waals surface area (Å²) in [5.41, 5.74) is 5.68. The summed E-state index contributed by atoms with van der Waals surface area (Å²) in [4.78, 5) is 15.8. The Morgan fingerprint density at radius 2 is 1.85 bits per heavy atom. The highest BCUT2D eigenvalue weighted by Gasteiger charge is 2.14. The first-order valence-corrected chi connectivity index (χ1v) is 9.13. The van der Waals surface area contributed by atoms with Gasteiger partial charge in [-0.3, -0.25) is 10.2 Å². The van der Waals surface area contributed by atoms with Crippen LogP contribution < -0.4 is 10.2 Å². The number of amides is 1. The molecule has 5 nitrogen and oxygen atoms in total. The van der Waals surface area contributed by atoms with Crippen molar-refractivity contribution in [3.05, 3.63) is 65.9 Å². The highest BCUT2D eigenvalue weighted by molar-refractivity contribution is 5.98. The molecule has 1 amide bonds. The number of benzene rings is 2. The molecule has 26 heavy (non-hydrogen) atoms. The monoisotopic (exact) mass is 349 g/mol. The molecule has 1 saturated heterocycles. The van der Waals surface area contributed by atoms with Crippen molar-refractivity contribution in [3.63, 3.8) is 0 Å². The van der Waals surface area contributed by atoms with Gasteiger partial charge in [-0.1, -0.05) is 24.6 Å². The van der Waals surface area contributed by atoms with Crippen LogP contribution in [0.2, 0.25) is 0 Å². The average Bonchev–Trinajstić information content (AvgIpc) is 3.10. The van der Waals surface area contributed by atoms with Crippen LogP contribution in [-0.4, -0.2) is 29.0 Å². The molecule has 1 fully saturated rings. The fraction of sp³-hybridized carbons (Fsp3) is 0.286. The van der Waals surface area contributed by atoms with Crippen LogP contribution in [-0.2, 0) is 6.61 Å². The number of hydrazine groups is 1. The lowest BCUT2D eigenvalue weighted by Crippen LogP contribution is -2.45. The van der Waals surface area contributed by atoms with Crippen LogP contribution in [0.15, 0.2) is 54.6 Å². The van der Waals surface area contributed by atoms with Gasteiger partial charge in [-0.25, -0.2) is 5.01 Å². The molecule has 0 spiro atoms. The molecular formula is C21H23N3O2. The van der Waals surface area contributed by atoms with Crippen LogP contribution in [0, 0.1) is 0 Å². The average molecular weight is 349 g/mol. The van der Waals surface area contributed by atoms with Gasteiger partial charge in [0.2, 0.25) is 0 Å². The Morgan fingerprint density at radius 1 is 1.04 bits per heavy atom. The minimum absolute atomic E-state index is 0.0444. The first kappa shape index (κ1) is 16.7. The Labute approximate surface area is 152 Å². The highest BCUT2D eigenvalue weighted by atomic mass is 16.5. The third-order valence-corrected chi connectivity index (χ3v) is 4.69. The summed E-state index contributed by atoms with van der Waals surface area (Å²) < 4.78 is 5.78. The van der Waals surface area contributed by atoms with Crippen LogP contribution in [0.25, 0.3) is 10.9 Å². The predicted molar refractivity (Wildman–Crippen MR) is 102 cm³/mol. The van der Waals surface area contributed by atoms with E-state index in [4.69, 9.17) is 4.74 Å². The number of aromatic amines is 1. The minimum atomic E-state index is -0.0444. The number of hydrogen-bond acceptors (Lipinski definition) is 3. The molecule has 2 N–H and O–H groups in total. The van der Waals surface area contributed by atoms with Gasteiger partial charge in [0.1, 0.15) is 12.4 Å². The third-order valence-electron chi connectivity index (χ3n) is 4.69. The summed E-state index contributed by atoms with van der Waals surface area (Å²) in [7, 11) is 0. The summed E-state index contributed by atoms with van der Waals surface area (Å²) in [5.74, 6) is 0.796. The Kier molecular flexibility index (Phi) is 4.88. The smallest absolute Gasteiger partial charge is 0.265 e. The quantitative estimate of drug-likeness (QED) is 0.735. The fourth-order valence-corrected chi connectivity index (χ4v) is 3.30. The second-order valence-electron chi connectivity index (χ2n) is 6.69. The number of nitrogens with one attached hydrogen (secondary N) is 2. The Hall–Kier alpha value is -2.79. The maximum absolute atomic E-state index is 12.5. The number of nitrogens with zero attached hydrogens (tertiary/aromatic N) is 1. The molecule has 5 heteroatoms. The van der Waals surface area contributed by atoms with E-state index in [-0.39, 0.29) is 5.91 Å². The van der Waals surface area contributed by atoms with E-state index in [1.54, 1.807) is 0 Å². The van der Waals surface area contributed by atoms with Gasteiger partial charge in [0.25, 0.3) is 5.91 Å². The molecule has 2 aromatic carbocycles. The maximum Gasteiger partial charge on any atom is 0.265 e. The summed E-state index contributed by atoms with van der Waals surface area (Å²) in [6.07, 6.45) is 3.53. The minimum Gasteiger partial charge on any atom is -0.487 e. The molecule has 0 atom stereocenters. The topological polar surface area (TPSA) is 57.4 Å². The number of hydrogen-bond donors (Lipinski definition) is 2. The second-order valence-corrected chi connectivity index (χ2v) is 6.69. The Bertz CT molecular complexity index is 883. The first-order chi connectivity index (χ1) is 12.8. The van der Waals surface area contributed by atoms with Crippen molar-refractivity contribution in [2.75, 3.05) is 13.1 Å². The maximum atomic E-state index is 12.5. The third kappa shape index (κ3) is 3.89. The zero-order chi connectivity index (χ0) is 17.8. The lowest BCUT2D eigenvalue weighted by Gasteiger charge is -2.26. The standard InChI is InChI=1S/C21H23N3O2/c25-21(23-24-11-5-2-6-12-24)16-9-10-20-17(13-16)14-18(22-20)15-26-19-7-3-1-4-8-19/h1,3-4,7-10,13-14,22H,2,5-6,11-12,15H2,(H,23,25). The molecule has 1 aromatic heterocycles. The van der Waals surface area contributed by atoms with Crippen LogP contribution in [0.5, 0.6) is 5.75 Å². The van der Waals surface area contributed by atoms with E-state index in [0.29, 0.717) is 12.2 Å². The van der Waals surface area contributed by atoms with Crippen LogP contribution in [0.3, 0.4) is 0 Å². The van der Waals surface area contributed by atoms with E-state index < -0.39 is 0 Å². The van der Waals surface area contributed by atoms with Gasteiger partial charge in [-0.05, 0) is 49.2 Å². The summed E-state index contributed by atoms with van der Waals surface area (Å²) in [6, 6.07) is 17.5. The number of fused-ring (bicyclic) bond motifs is 1. The molecule has 134 valence electrons. The molecule has 1 aliphatic rings. The molecule has 2 heterocycles. The molecule has 4 rings (SSSR count). The zero-order valence-corrected chi connectivity index (χ0v) is 14.7. The van der Waals surface area contributed by atoms with E-state index in [2.05, 4.69) is 10.4 Å². The van der Waals surface area contributed by atoms with Crippen molar-refractivity contribution < 1.29 is 9.53 Å². The van der Waals surface area contributed by atoms with Crippen LogP contribution >= 0.6 is 0 Å². The summed E-state index contributed by atoms with van der Waals surface area (Å²) in [5, 5.41) is 3.04. The van der Waals surface area contributed by atoms with Crippen LogP contribution in [0.1, 0.15) is 35.3 Å². The van der Waals surface area contributed by atoms with Gasteiger partial charge >= 0.3 is 0 Å².